The summed E-state index contributed by atoms with van der Waals surface area (Å²) < 4.78 is 0. The Labute approximate surface area is 167 Å². The van der Waals surface area contributed by atoms with Gasteiger partial charge in [0.25, 0.3) is 5.91 Å². The maximum atomic E-state index is 13.4. The Morgan fingerprint density at radius 2 is 1.75 bits per heavy atom. The van der Waals surface area contributed by atoms with E-state index in [2.05, 4.69) is 15.5 Å². The fourth-order valence-electron chi connectivity index (χ4n) is 6.15. The summed E-state index contributed by atoms with van der Waals surface area (Å²) in [6.07, 6.45) is 10.1. The number of hydrogen-bond acceptors (Lipinski definition) is 3. The van der Waals surface area contributed by atoms with E-state index in [-0.39, 0.29) is 17.5 Å². The van der Waals surface area contributed by atoms with E-state index in [9.17, 15) is 9.59 Å². The third-order valence-electron chi connectivity index (χ3n) is 7.63. The van der Waals surface area contributed by atoms with Gasteiger partial charge in [0, 0.05) is 30.6 Å². The highest BCUT2D eigenvalue weighted by molar-refractivity contribution is 6.02. The molecule has 5 heteroatoms. The number of carbonyl (C=O) groups excluding carboxylic acids is 2. The number of carbonyl (C=O) groups is 2. The van der Waals surface area contributed by atoms with Crippen LogP contribution in [0.1, 0.15) is 68.1 Å². The smallest absolute Gasteiger partial charge is 0.255 e. The summed E-state index contributed by atoms with van der Waals surface area (Å²) in [4.78, 5) is 28.3. The lowest BCUT2D eigenvalue weighted by Crippen LogP contribution is -2.68. The second-order valence-electron chi connectivity index (χ2n) is 9.27. The van der Waals surface area contributed by atoms with Crippen molar-refractivity contribution in [2.75, 3.05) is 18.4 Å². The molecule has 6 rings (SSSR count). The first kappa shape index (κ1) is 18.0. The highest BCUT2D eigenvalue weighted by Crippen LogP contribution is 2.52. The molecule has 3 aliphatic carbocycles. The van der Waals surface area contributed by atoms with Gasteiger partial charge in [0.1, 0.15) is 5.66 Å². The van der Waals surface area contributed by atoms with Crippen molar-refractivity contribution in [3.8, 4) is 0 Å². The largest absolute Gasteiger partial charge is 0.362 e. The summed E-state index contributed by atoms with van der Waals surface area (Å²) in [7, 11) is 0. The summed E-state index contributed by atoms with van der Waals surface area (Å²) in [5.41, 5.74) is 1.29. The molecule has 2 aliphatic heterocycles. The number of anilines is 1. The van der Waals surface area contributed by atoms with Crippen LogP contribution in [0.2, 0.25) is 0 Å². The minimum Gasteiger partial charge on any atom is -0.362 e. The van der Waals surface area contributed by atoms with Gasteiger partial charge >= 0.3 is 0 Å². The van der Waals surface area contributed by atoms with Crippen LogP contribution in [0.5, 0.6) is 0 Å². The molecule has 5 nitrogen and oxygen atoms in total. The van der Waals surface area contributed by atoms with Crippen molar-refractivity contribution < 1.29 is 9.59 Å². The monoisotopic (exact) mass is 381 g/mol. The standard InChI is InChI=1S/C23H31N3O2/c27-21-18-8-4-5-9-20(18)24-23(25-21)15-16-10-11-17(23)14-19(16)22(28)26-12-6-2-1-3-7-13-26/h4-5,8-9,16-17,19,24H,1-3,6-7,10-15H2,(H,25,27)/t16-,17+,19+,23-/m1/s1. The quantitative estimate of drug-likeness (QED) is 0.778. The predicted octanol–water partition coefficient (Wildman–Crippen LogP) is 3.77. The first-order chi connectivity index (χ1) is 13.7. The fraction of sp³-hybridized carbons (Fsp3) is 0.652. The number of nitrogens with zero attached hydrogens (tertiary/aromatic N) is 1. The Bertz CT molecular complexity index is 771. The van der Waals surface area contributed by atoms with E-state index in [4.69, 9.17) is 0 Å². The molecule has 0 aromatic heterocycles. The number of nitrogens with one attached hydrogen (secondary N) is 2. The number of likely N-dealkylation sites (tertiary alicyclic amines) is 1. The summed E-state index contributed by atoms with van der Waals surface area (Å²) >= 11 is 0. The molecule has 2 bridgehead atoms. The van der Waals surface area contributed by atoms with Crippen LogP contribution in [-0.4, -0.2) is 35.5 Å². The summed E-state index contributed by atoms with van der Waals surface area (Å²) in [5, 5.41) is 6.98. The highest BCUT2D eigenvalue weighted by atomic mass is 16.2. The van der Waals surface area contributed by atoms with Crippen molar-refractivity contribution in [3.63, 3.8) is 0 Å². The van der Waals surface area contributed by atoms with E-state index in [0.717, 1.165) is 62.9 Å². The first-order valence-electron chi connectivity index (χ1n) is 11.1. The highest BCUT2D eigenvalue weighted by Gasteiger charge is 2.55. The van der Waals surface area contributed by atoms with Crippen molar-refractivity contribution in [1.82, 2.24) is 10.2 Å². The van der Waals surface area contributed by atoms with E-state index in [1.54, 1.807) is 0 Å². The molecule has 1 aromatic carbocycles. The number of hydrogen-bond donors (Lipinski definition) is 2. The normalized spacial score (nSPS) is 34.8. The van der Waals surface area contributed by atoms with Gasteiger partial charge in [-0.05, 0) is 56.6 Å². The molecule has 1 saturated heterocycles. The number of fused-ring (bicyclic) bond motifs is 3. The Hall–Kier alpha value is -2.04. The number of benzene rings is 1. The summed E-state index contributed by atoms with van der Waals surface area (Å²) in [6.45, 7) is 1.86. The van der Waals surface area contributed by atoms with Crippen LogP contribution < -0.4 is 10.6 Å². The Kier molecular flexibility index (Phi) is 4.56. The molecule has 2 N–H and O–H groups in total. The molecule has 5 aliphatic rings. The molecule has 1 spiro atoms. The van der Waals surface area contributed by atoms with Crippen LogP contribution in [0.3, 0.4) is 0 Å². The number of rotatable bonds is 1. The van der Waals surface area contributed by atoms with E-state index in [1.165, 1.54) is 19.3 Å². The zero-order valence-corrected chi connectivity index (χ0v) is 16.6. The Balaban J connectivity index is 1.34. The zero-order valence-electron chi connectivity index (χ0n) is 16.6. The SMILES string of the molecule is O=C1N[C@@]2(C[C@H]3CC[C@H]2C[C@@H]3C(=O)N2CCCCCCC2)Nc2ccccc21. The average Bonchev–Trinajstić information content (AvgIpc) is 2.67. The van der Waals surface area contributed by atoms with Crippen molar-refractivity contribution in [2.45, 2.75) is 63.5 Å². The van der Waals surface area contributed by atoms with Crippen LogP contribution in [-0.2, 0) is 4.79 Å². The van der Waals surface area contributed by atoms with Crippen molar-refractivity contribution in [3.05, 3.63) is 29.8 Å². The molecule has 2 amide bonds. The molecule has 0 unspecified atom stereocenters. The second kappa shape index (κ2) is 7.09. The van der Waals surface area contributed by atoms with E-state index < -0.39 is 0 Å². The molecule has 4 fully saturated rings. The average molecular weight is 382 g/mol. The molecule has 4 atom stereocenters. The van der Waals surface area contributed by atoms with E-state index in [1.807, 2.05) is 24.3 Å². The van der Waals surface area contributed by atoms with Gasteiger partial charge in [-0.3, -0.25) is 9.59 Å². The van der Waals surface area contributed by atoms with Gasteiger partial charge in [-0.15, -0.1) is 0 Å². The van der Waals surface area contributed by atoms with Crippen LogP contribution in [0.4, 0.5) is 5.69 Å². The maximum Gasteiger partial charge on any atom is 0.255 e. The lowest BCUT2D eigenvalue weighted by atomic mass is 9.58. The number of amides is 2. The van der Waals surface area contributed by atoms with Gasteiger partial charge in [0.2, 0.25) is 5.91 Å². The molecular weight excluding hydrogens is 350 g/mol. The van der Waals surface area contributed by atoms with Gasteiger partial charge < -0.3 is 15.5 Å². The van der Waals surface area contributed by atoms with Gasteiger partial charge in [0.15, 0.2) is 0 Å². The van der Waals surface area contributed by atoms with Gasteiger partial charge in [0.05, 0.1) is 5.56 Å². The fourth-order valence-corrected chi connectivity index (χ4v) is 6.15. The third kappa shape index (κ3) is 2.99. The van der Waals surface area contributed by atoms with Gasteiger partial charge in [-0.2, -0.15) is 0 Å². The Morgan fingerprint density at radius 3 is 2.50 bits per heavy atom. The van der Waals surface area contributed by atoms with Crippen LogP contribution >= 0.6 is 0 Å². The molecule has 2 heterocycles. The van der Waals surface area contributed by atoms with Gasteiger partial charge in [-0.25, -0.2) is 0 Å². The molecule has 0 radical (unpaired) electrons. The van der Waals surface area contributed by atoms with Crippen molar-refractivity contribution in [2.24, 2.45) is 17.8 Å². The van der Waals surface area contributed by atoms with Crippen LogP contribution in [0.15, 0.2) is 24.3 Å². The Morgan fingerprint density at radius 1 is 1.00 bits per heavy atom. The van der Waals surface area contributed by atoms with Crippen molar-refractivity contribution in [1.29, 1.82) is 0 Å². The minimum absolute atomic E-state index is 0.0218. The molecule has 150 valence electrons. The summed E-state index contributed by atoms with van der Waals surface area (Å²) in [6, 6.07) is 7.76. The van der Waals surface area contributed by atoms with E-state index in [0.29, 0.717) is 17.7 Å². The van der Waals surface area contributed by atoms with E-state index >= 15 is 0 Å². The van der Waals surface area contributed by atoms with Crippen molar-refractivity contribution >= 4 is 17.5 Å². The van der Waals surface area contributed by atoms with Crippen LogP contribution in [0.25, 0.3) is 0 Å². The maximum absolute atomic E-state index is 13.4. The topological polar surface area (TPSA) is 61.4 Å². The molecular formula is C23H31N3O2. The van der Waals surface area contributed by atoms with Crippen LogP contribution in [0, 0.1) is 17.8 Å². The number of para-hydroxylation sites is 1. The lowest BCUT2D eigenvalue weighted by Gasteiger charge is -2.56. The van der Waals surface area contributed by atoms with Gasteiger partial charge in [-0.1, -0.05) is 31.4 Å². The molecule has 28 heavy (non-hydrogen) atoms. The first-order valence-corrected chi connectivity index (χ1v) is 11.1. The third-order valence-corrected chi connectivity index (χ3v) is 7.63. The zero-order chi connectivity index (χ0) is 19.1. The predicted molar refractivity (Wildman–Crippen MR) is 109 cm³/mol. The second-order valence-corrected chi connectivity index (χ2v) is 9.27. The molecule has 1 aromatic rings. The minimum atomic E-state index is -0.374. The molecule has 3 saturated carbocycles. The lowest BCUT2D eigenvalue weighted by molar-refractivity contribution is -0.143. The summed E-state index contributed by atoms with van der Waals surface area (Å²) in [5.74, 6) is 1.22.